The highest BCUT2D eigenvalue weighted by Gasteiger charge is 2.28. The highest BCUT2D eigenvalue weighted by atomic mass is 32.2. The number of hydrogen-bond acceptors (Lipinski definition) is 3. The Kier molecular flexibility index (Phi) is 3.75. The maximum absolute atomic E-state index is 12.4. The van der Waals surface area contributed by atoms with Crippen molar-refractivity contribution in [3.8, 4) is 0 Å². The Bertz CT molecular complexity index is 540. The number of rotatable bonds is 3. The van der Waals surface area contributed by atoms with Crippen molar-refractivity contribution in [1.82, 2.24) is 10.0 Å². The van der Waals surface area contributed by atoms with Gasteiger partial charge in [0.25, 0.3) is 0 Å². The smallest absolute Gasteiger partial charge is 0.241 e. The Hall–Kier alpha value is -0.910. The molecule has 0 spiro atoms. The zero-order chi connectivity index (χ0) is 13.3. The van der Waals surface area contributed by atoms with Crippen molar-refractivity contribution in [3.05, 3.63) is 29.3 Å². The van der Waals surface area contributed by atoms with Gasteiger partial charge in [-0.1, -0.05) is 19.1 Å². The minimum atomic E-state index is -3.42. The summed E-state index contributed by atoms with van der Waals surface area (Å²) in [5.74, 6) is 0.324. The molecule has 2 atom stereocenters. The van der Waals surface area contributed by atoms with Crippen LogP contribution in [0.15, 0.2) is 23.1 Å². The van der Waals surface area contributed by atoms with Crippen molar-refractivity contribution >= 4 is 10.0 Å². The van der Waals surface area contributed by atoms with E-state index in [-0.39, 0.29) is 6.04 Å². The van der Waals surface area contributed by atoms with Crippen molar-refractivity contribution in [2.45, 2.75) is 31.7 Å². The largest absolute Gasteiger partial charge is 0.315 e. The molecule has 0 aliphatic carbocycles. The van der Waals surface area contributed by atoms with Crippen LogP contribution in [0, 0.1) is 19.8 Å². The topological polar surface area (TPSA) is 58.2 Å². The van der Waals surface area contributed by atoms with Gasteiger partial charge in [0.2, 0.25) is 10.0 Å². The summed E-state index contributed by atoms with van der Waals surface area (Å²) in [6, 6.07) is 5.48. The lowest BCUT2D eigenvalue weighted by atomic mass is 10.1. The predicted molar refractivity (Wildman–Crippen MR) is 72.1 cm³/mol. The van der Waals surface area contributed by atoms with Crippen molar-refractivity contribution in [2.75, 3.05) is 13.1 Å². The van der Waals surface area contributed by atoms with E-state index in [1.807, 2.05) is 26.0 Å². The first kappa shape index (κ1) is 13.5. The fraction of sp³-hybridized carbons (Fsp3) is 0.538. The van der Waals surface area contributed by atoms with Crippen LogP contribution in [-0.4, -0.2) is 27.5 Å². The van der Waals surface area contributed by atoms with Gasteiger partial charge in [-0.2, -0.15) is 0 Å². The zero-order valence-electron chi connectivity index (χ0n) is 11.0. The lowest BCUT2D eigenvalue weighted by Gasteiger charge is -2.17. The molecule has 0 amide bonds. The van der Waals surface area contributed by atoms with E-state index in [2.05, 4.69) is 17.0 Å². The molecule has 1 saturated heterocycles. The zero-order valence-corrected chi connectivity index (χ0v) is 11.8. The quantitative estimate of drug-likeness (QED) is 0.866. The summed E-state index contributed by atoms with van der Waals surface area (Å²) in [7, 11) is -3.42. The molecule has 18 heavy (non-hydrogen) atoms. The van der Waals surface area contributed by atoms with E-state index in [4.69, 9.17) is 0 Å². The molecule has 1 heterocycles. The summed E-state index contributed by atoms with van der Waals surface area (Å²) in [5.41, 5.74) is 1.74. The standard InChI is InChI=1S/C13H20N2O2S/c1-9-4-5-10(2)13(6-9)18(16,17)15-12-8-14-7-11(12)3/h4-6,11-12,14-15H,7-8H2,1-3H3. The average Bonchev–Trinajstić information content (AvgIpc) is 2.67. The summed E-state index contributed by atoms with van der Waals surface area (Å²) in [5, 5.41) is 3.20. The Morgan fingerprint density at radius 3 is 2.61 bits per heavy atom. The van der Waals surface area contributed by atoms with Crippen LogP contribution >= 0.6 is 0 Å². The molecule has 100 valence electrons. The van der Waals surface area contributed by atoms with Crippen molar-refractivity contribution in [1.29, 1.82) is 0 Å². The van der Waals surface area contributed by atoms with Crippen LogP contribution in [0.2, 0.25) is 0 Å². The molecule has 2 unspecified atom stereocenters. The van der Waals surface area contributed by atoms with E-state index in [0.29, 0.717) is 17.4 Å². The van der Waals surface area contributed by atoms with E-state index < -0.39 is 10.0 Å². The van der Waals surface area contributed by atoms with Crippen molar-refractivity contribution < 1.29 is 8.42 Å². The molecule has 0 bridgehead atoms. The number of hydrogen-bond donors (Lipinski definition) is 2. The molecule has 0 saturated carbocycles. The molecule has 1 aromatic carbocycles. The highest BCUT2D eigenvalue weighted by molar-refractivity contribution is 7.89. The third-order valence-electron chi connectivity index (χ3n) is 3.46. The van der Waals surface area contributed by atoms with Crippen LogP contribution in [0.4, 0.5) is 0 Å². The molecular formula is C13H20N2O2S. The van der Waals surface area contributed by atoms with Crippen LogP contribution in [0.5, 0.6) is 0 Å². The minimum Gasteiger partial charge on any atom is -0.315 e. The number of benzene rings is 1. The summed E-state index contributed by atoms with van der Waals surface area (Å²) in [4.78, 5) is 0.390. The summed E-state index contributed by atoms with van der Waals surface area (Å²) in [6.45, 7) is 7.34. The van der Waals surface area contributed by atoms with Gasteiger partial charge >= 0.3 is 0 Å². The lowest BCUT2D eigenvalue weighted by Crippen LogP contribution is -2.39. The molecule has 1 aliphatic heterocycles. The van der Waals surface area contributed by atoms with Crippen LogP contribution in [-0.2, 0) is 10.0 Å². The molecular weight excluding hydrogens is 248 g/mol. The van der Waals surface area contributed by atoms with Gasteiger partial charge in [-0.25, -0.2) is 13.1 Å². The fourth-order valence-electron chi connectivity index (χ4n) is 2.23. The molecule has 0 aromatic heterocycles. The second kappa shape index (κ2) is 4.99. The Morgan fingerprint density at radius 2 is 2.00 bits per heavy atom. The Balaban J connectivity index is 2.28. The molecule has 1 fully saturated rings. The third-order valence-corrected chi connectivity index (χ3v) is 5.09. The second-order valence-corrected chi connectivity index (χ2v) is 6.81. The molecule has 0 radical (unpaired) electrons. The normalized spacial score (nSPS) is 24.4. The van der Waals surface area contributed by atoms with Crippen molar-refractivity contribution in [3.63, 3.8) is 0 Å². The molecule has 2 rings (SSSR count). The first-order valence-corrected chi connectivity index (χ1v) is 7.69. The van der Waals surface area contributed by atoms with Gasteiger partial charge in [-0.05, 0) is 43.5 Å². The Morgan fingerprint density at radius 1 is 1.28 bits per heavy atom. The maximum Gasteiger partial charge on any atom is 0.241 e. The summed E-state index contributed by atoms with van der Waals surface area (Å²) in [6.07, 6.45) is 0. The van der Waals surface area contributed by atoms with Crippen LogP contribution < -0.4 is 10.0 Å². The predicted octanol–water partition coefficient (Wildman–Crippen LogP) is 1.19. The molecule has 1 aromatic rings. The lowest BCUT2D eigenvalue weighted by molar-refractivity contribution is 0.502. The van der Waals surface area contributed by atoms with E-state index in [1.54, 1.807) is 6.07 Å². The molecule has 1 aliphatic rings. The second-order valence-electron chi connectivity index (χ2n) is 5.13. The first-order chi connectivity index (χ1) is 8.40. The van der Waals surface area contributed by atoms with Gasteiger partial charge < -0.3 is 5.32 Å². The van der Waals surface area contributed by atoms with Crippen LogP contribution in [0.25, 0.3) is 0 Å². The number of sulfonamides is 1. The number of aryl methyl sites for hydroxylation is 2. The monoisotopic (exact) mass is 268 g/mol. The summed E-state index contributed by atoms with van der Waals surface area (Å²) < 4.78 is 27.5. The van der Waals surface area contributed by atoms with Gasteiger partial charge in [-0.15, -0.1) is 0 Å². The van der Waals surface area contributed by atoms with Crippen LogP contribution in [0.3, 0.4) is 0 Å². The van der Waals surface area contributed by atoms with E-state index in [0.717, 1.165) is 17.7 Å². The fourth-order valence-corrected chi connectivity index (χ4v) is 3.90. The molecule has 2 N–H and O–H groups in total. The third kappa shape index (κ3) is 2.74. The van der Waals surface area contributed by atoms with Gasteiger partial charge in [0, 0.05) is 12.6 Å². The number of nitrogens with one attached hydrogen (secondary N) is 2. The first-order valence-electron chi connectivity index (χ1n) is 6.20. The van der Waals surface area contributed by atoms with Gasteiger partial charge in [0.05, 0.1) is 4.90 Å². The molecule has 5 heteroatoms. The average molecular weight is 268 g/mol. The van der Waals surface area contributed by atoms with Gasteiger partial charge in [-0.3, -0.25) is 0 Å². The van der Waals surface area contributed by atoms with Crippen molar-refractivity contribution in [2.24, 2.45) is 5.92 Å². The Labute approximate surface area is 109 Å². The SMILES string of the molecule is Cc1ccc(C)c(S(=O)(=O)NC2CNCC2C)c1. The molecule has 4 nitrogen and oxygen atoms in total. The summed E-state index contributed by atoms with van der Waals surface area (Å²) >= 11 is 0. The van der Waals surface area contributed by atoms with Gasteiger partial charge in [0.1, 0.15) is 0 Å². The maximum atomic E-state index is 12.4. The highest BCUT2D eigenvalue weighted by Crippen LogP contribution is 2.18. The van der Waals surface area contributed by atoms with Crippen LogP contribution in [0.1, 0.15) is 18.1 Å². The van der Waals surface area contributed by atoms with E-state index in [1.165, 1.54) is 0 Å². The minimum absolute atomic E-state index is 0.0186. The van der Waals surface area contributed by atoms with E-state index >= 15 is 0 Å². The van der Waals surface area contributed by atoms with Gasteiger partial charge in [0.15, 0.2) is 0 Å². The van der Waals surface area contributed by atoms with E-state index in [9.17, 15) is 8.42 Å².